The summed E-state index contributed by atoms with van der Waals surface area (Å²) in [4.78, 5) is 18.9. The first-order valence-electron chi connectivity index (χ1n) is 12.2. The summed E-state index contributed by atoms with van der Waals surface area (Å²) < 4.78 is 28.0. The molecule has 0 bridgehead atoms. The number of amides is 1. The fraction of sp³-hybridized carbons (Fsp3) is 0.357. The first-order chi connectivity index (χ1) is 17.0. The zero-order valence-corrected chi connectivity index (χ0v) is 19.7. The maximum Gasteiger partial charge on any atom is 0.251 e. The molecule has 2 atom stereocenters. The Bertz CT molecular complexity index is 1310. The minimum Gasteiger partial charge on any atom is -0.373 e. The molecule has 35 heavy (non-hydrogen) atoms. The van der Waals surface area contributed by atoms with Crippen LogP contribution in [0.4, 0.5) is 14.6 Å². The summed E-state index contributed by atoms with van der Waals surface area (Å²) in [5, 5.41) is 5.84. The molecule has 2 fully saturated rings. The molecule has 1 aromatic heterocycles. The highest BCUT2D eigenvalue weighted by molar-refractivity contribution is 5.97. The van der Waals surface area contributed by atoms with Crippen LogP contribution in [0.15, 0.2) is 48.7 Å². The molecular formula is C28H28F2N4O. The van der Waals surface area contributed by atoms with E-state index >= 15 is 4.39 Å². The van der Waals surface area contributed by atoms with Crippen molar-refractivity contribution in [1.82, 2.24) is 15.2 Å². The van der Waals surface area contributed by atoms with Gasteiger partial charge in [0.2, 0.25) is 0 Å². The van der Waals surface area contributed by atoms with Gasteiger partial charge in [-0.1, -0.05) is 24.3 Å². The zero-order valence-electron chi connectivity index (χ0n) is 19.7. The number of carbonyl (C=O) groups excluding carboxylic acids is 1. The molecule has 1 aliphatic carbocycles. The van der Waals surface area contributed by atoms with E-state index in [0.717, 1.165) is 29.8 Å². The van der Waals surface area contributed by atoms with Gasteiger partial charge in [-0.3, -0.25) is 9.69 Å². The fourth-order valence-corrected chi connectivity index (χ4v) is 5.99. The Morgan fingerprint density at radius 1 is 1.14 bits per heavy atom. The number of aromatic nitrogens is 1. The van der Waals surface area contributed by atoms with Gasteiger partial charge in [-0.05, 0) is 53.6 Å². The molecule has 1 saturated carbocycles. The highest BCUT2D eigenvalue weighted by Crippen LogP contribution is 2.59. The summed E-state index contributed by atoms with van der Waals surface area (Å²) in [6.45, 7) is 2.69. The monoisotopic (exact) mass is 474 g/mol. The summed E-state index contributed by atoms with van der Waals surface area (Å²) in [6, 6.07) is 13.6. The van der Waals surface area contributed by atoms with E-state index in [2.05, 4.69) is 44.8 Å². The zero-order chi connectivity index (χ0) is 24.2. The Labute approximate surface area is 203 Å². The number of fused-ring (bicyclic) bond motifs is 2. The predicted octanol–water partition coefficient (Wildman–Crippen LogP) is 4.43. The Morgan fingerprint density at radius 3 is 2.74 bits per heavy atom. The number of hydrogen-bond donors (Lipinski definition) is 2. The predicted molar refractivity (Wildman–Crippen MR) is 133 cm³/mol. The van der Waals surface area contributed by atoms with E-state index in [-0.39, 0.29) is 18.0 Å². The van der Waals surface area contributed by atoms with Crippen LogP contribution in [-0.2, 0) is 11.8 Å². The van der Waals surface area contributed by atoms with Crippen LogP contribution in [0.2, 0.25) is 0 Å². The molecule has 2 N–H and O–H groups in total. The standard InChI is InChI=1S/C28H28F2N4O/c1-31-26-24(23-10-18-6-8-32-27(35)22(18)12-25(23)30)11-19(14-33-26)17-2-4-20(5-3-17)28-13-21(28)15-34(16-28)9-7-29/h2-5,10-12,14,21H,6-9,13,15-16H2,1H3,(H,31,33)(H,32,35)/t21-,28+/m1/s1. The Balaban J connectivity index is 1.33. The number of hydrogen-bond acceptors (Lipinski definition) is 4. The number of carbonyl (C=O) groups is 1. The molecule has 0 spiro atoms. The normalized spacial score (nSPS) is 22.9. The van der Waals surface area contributed by atoms with E-state index in [0.29, 0.717) is 47.9 Å². The van der Waals surface area contributed by atoms with E-state index in [9.17, 15) is 9.18 Å². The summed E-state index contributed by atoms with van der Waals surface area (Å²) in [6.07, 6.45) is 3.64. The molecule has 1 amide bonds. The molecule has 3 heterocycles. The molecule has 6 rings (SSSR count). The molecule has 0 unspecified atom stereocenters. The number of rotatable bonds is 6. The first kappa shape index (κ1) is 22.2. The average Bonchev–Trinajstić information content (AvgIpc) is 3.45. The second-order valence-electron chi connectivity index (χ2n) is 9.92. The van der Waals surface area contributed by atoms with Gasteiger partial charge in [-0.2, -0.15) is 0 Å². The van der Waals surface area contributed by atoms with Crippen LogP contribution in [0.1, 0.15) is 27.9 Å². The first-order valence-corrected chi connectivity index (χ1v) is 12.2. The number of likely N-dealkylation sites (tertiary alicyclic amines) is 1. The topological polar surface area (TPSA) is 57.3 Å². The second-order valence-corrected chi connectivity index (χ2v) is 9.92. The maximum atomic E-state index is 15.2. The molecule has 1 saturated heterocycles. The lowest BCUT2D eigenvalue weighted by atomic mass is 9.91. The van der Waals surface area contributed by atoms with Gasteiger partial charge in [0.25, 0.3) is 5.91 Å². The third-order valence-corrected chi connectivity index (χ3v) is 7.94. The molecule has 2 aliphatic heterocycles. The van der Waals surface area contributed by atoms with Crippen molar-refractivity contribution in [3.05, 3.63) is 71.2 Å². The molecule has 2 aromatic carbocycles. The molecular weight excluding hydrogens is 446 g/mol. The Morgan fingerprint density at radius 2 is 1.97 bits per heavy atom. The molecule has 5 nitrogen and oxygen atoms in total. The minimum absolute atomic E-state index is 0.172. The average molecular weight is 475 g/mol. The van der Waals surface area contributed by atoms with Gasteiger partial charge < -0.3 is 10.6 Å². The van der Waals surface area contributed by atoms with Gasteiger partial charge in [-0.25, -0.2) is 13.8 Å². The van der Waals surface area contributed by atoms with Crippen LogP contribution in [-0.4, -0.2) is 55.7 Å². The van der Waals surface area contributed by atoms with Crippen LogP contribution < -0.4 is 10.6 Å². The third kappa shape index (κ3) is 3.69. The van der Waals surface area contributed by atoms with Crippen molar-refractivity contribution in [2.24, 2.45) is 5.92 Å². The van der Waals surface area contributed by atoms with Crippen molar-refractivity contribution in [2.75, 3.05) is 45.2 Å². The van der Waals surface area contributed by atoms with Crippen molar-refractivity contribution in [1.29, 1.82) is 0 Å². The van der Waals surface area contributed by atoms with Crippen LogP contribution in [0.25, 0.3) is 22.3 Å². The second kappa shape index (κ2) is 8.41. The van der Waals surface area contributed by atoms with Crippen molar-refractivity contribution >= 4 is 11.7 Å². The van der Waals surface area contributed by atoms with Crippen molar-refractivity contribution in [3.63, 3.8) is 0 Å². The summed E-state index contributed by atoms with van der Waals surface area (Å²) in [5.41, 5.74) is 5.74. The number of piperidine rings is 1. The fourth-order valence-electron chi connectivity index (χ4n) is 5.99. The molecule has 0 radical (unpaired) electrons. The summed E-state index contributed by atoms with van der Waals surface area (Å²) in [5.74, 6) is 0.537. The summed E-state index contributed by atoms with van der Waals surface area (Å²) in [7, 11) is 1.77. The van der Waals surface area contributed by atoms with Crippen molar-refractivity contribution in [3.8, 4) is 22.3 Å². The largest absolute Gasteiger partial charge is 0.373 e. The highest BCUT2D eigenvalue weighted by atomic mass is 19.1. The number of alkyl halides is 1. The minimum atomic E-state index is -0.440. The van der Waals surface area contributed by atoms with Crippen molar-refractivity contribution < 1.29 is 13.6 Å². The van der Waals surface area contributed by atoms with Gasteiger partial charge in [0.05, 0.1) is 0 Å². The Kier molecular flexibility index (Phi) is 5.33. The lowest BCUT2D eigenvalue weighted by molar-refractivity contribution is 0.0945. The van der Waals surface area contributed by atoms with Gasteiger partial charge in [0, 0.05) is 67.1 Å². The third-order valence-electron chi connectivity index (χ3n) is 7.94. The van der Waals surface area contributed by atoms with E-state index in [1.54, 1.807) is 19.3 Å². The summed E-state index contributed by atoms with van der Waals surface area (Å²) >= 11 is 0. The van der Waals surface area contributed by atoms with Crippen LogP contribution in [0, 0.1) is 11.7 Å². The molecule has 3 aliphatic rings. The smallest absolute Gasteiger partial charge is 0.251 e. The molecule has 7 heteroatoms. The number of halogens is 2. The van der Waals surface area contributed by atoms with E-state index in [1.807, 2.05) is 6.07 Å². The van der Waals surface area contributed by atoms with Crippen molar-refractivity contribution in [2.45, 2.75) is 18.3 Å². The maximum absolute atomic E-state index is 15.2. The van der Waals surface area contributed by atoms with E-state index in [4.69, 9.17) is 0 Å². The lowest BCUT2D eigenvalue weighted by Crippen LogP contribution is -2.32. The number of benzene rings is 2. The Hall–Kier alpha value is -3.32. The van der Waals surface area contributed by atoms with Crippen LogP contribution >= 0.6 is 0 Å². The number of nitrogens with zero attached hydrogens (tertiary/aromatic N) is 2. The lowest BCUT2D eigenvalue weighted by Gasteiger charge is -2.20. The van der Waals surface area contributed by atoms with Gasteiger partial charge >= 0.3 is 0 Å². The number of anilines is 1. The molecule has 3 aromatic rings. The molecule has 180 valence electrons. The van der Waals surface area contributed by atoms with Crippen LogP contribution in [0.3, 0.4) is 0 Å². The van der Waals surface area contributed by atoms with Gasteiger partial charge in [-0.15, -0.1) is 0 Å². The van der Waals surface area contributed by atoms with Gasteiger partial charge in [0.15, 0.2) is 0 Å². The van der Waals surface area contributed by atoms with Crippen LogP contribution in [0.5, 0.6) is 0 Å². The highest BCUT2D eigenvalue weighted by Gasteiger charge is 2.60. The van der Waals surface area contributed by atoms with Gasteiger partial charge in [0.1, 0.15) is 18.3 Å². The number of nitrogens with one attached hydrogen (secondary N) is 2. The number of pyridine rings is 1. The quantitative estimate of drug-likeness (QED) is 0.555. The van der Waals surface area contributed by atoms with E-state index in [1.165, 1.54) is 18.1 Å². The SMILES string of the molecule is CNc1ncc(-c2ccc([C@@]34C[C@@H]3CN(CCF)C4)cc2)cc1-c1cc2c(cc1F)C(=O)NCC2. The van der Waals surface area contributed by atoms with E-state index < -0.39 is 5.82 Å².